The minimum atomic E-state index is 0. The van der Waals surface area contributed by atoms with Crippen LogP contribution in [0.4, 0.5) is 0 Å². The lowest BCUT2D eigenvalue weighted by molar-refractivity contribution is -0.128. The van der Waals surface area contributed by atoms with Crippen molar-refractivity contribution >= 4 is 24.2 Å². The zero-order valence-corrected chi connectivity index (χ0v) is 14.2. The van der Waals surface area contributed by atoms with Crippen molar-refractivity contribution in [3.63, 3.8) is 0 Å². The van der Waals surface area contributed by atoms with Crippen LogP contribution >= 0.6 is 12.4 Å². The summed E-state index contributed by atoms with van der Waals surface area (Å²) in [4.78, 5) is 26.0. The number of rotatable bonds is 5. The molecule has 0 radical (unpaired) electrons. The number of likely N-dealkylation sites (tertiary alicyclic amines) is 1. The van der Waals surface area contributed by atoms with Crippen LogP contribution in [0.1, 0.15) is 45.4 Å². The molecule has 2 heterocycles. The predicted octanol–water partition coefficient (Wildman–Crippen LogP) is 1.31. The van der Waals surface area contributed by atoms with Gasteiger partial charge in [-0.3, -0.25) is 9.59 Å². The van der Waals surface area contributed by atoms with E-state index in [1.54, 1.807) is 0 Å². The van der Waals surface area contributed by atoms with Crippen molar-refractivity contribution in [3.8, 4) is 0 Å². The van der Waals surface area contributed by atoms with E-state index in [1.165, 1.54) is 12.8 Å². The number of carbonyl (C=O) groups excluding carboxylic acids is 2. The quantitative estimate of drug-likeness (QED) is 0.799. The number of hydrogen-bond donors (Lipinski definition) is 2. The second-order valence-electron chi connectivity index (χ2n) is 7.01. The Hall–Kier alpha value is -0.810. The van der Waals surface area contributed by atoms with E-state index in [1.807, 2.05) is 4.90 Å². The topological polar surface area (TPSA) is 61.4 Å². The summed E-state index contributed by atoms with van der Waals surface area (Å²) >= 11 is 0. The fourth-order valence-corrected chi connectivity index (χ4v) is 3.73. The first-order valence-electron chi connectivity index (χ1n) is 8.43. The van der Waals surface area contributed by atoms with Gasteiger partial charge in [0.05, 0.1) is 6.04 Å². The Morgan fingerprint density at radius 2 is 2.00 bits per heavy atom. The second kappa shape index (κ2) is 7.64. The number of hydrogen-bond acceptors (Lipinski definition) is 3. The smallest absolute Gasteiger partial charge is 0.225 e. The fraction of sp³-hybridized carbons (Fsp3) is 0.875. The van der Waals surface area contributed by atoms with E-state index >= 15 is 0 Å². The van der Waals surface area contributed by atoms with Gasteiger partial charge in [0.1, 0.15) is 0 Å². The predicted molar refractivity (Wildman–Crippen MR) is 87.9 cm³/mol. The Kier molecular flexibility index (Phi) is 6.09. The van der Waals surface area contributed by atoms with Gasteiger partial charge in [0.15, 0.2) is 0 Å². The summed E-state index contributed by atoms with van der Waals surface area (Å²) < 4.78 is 0. The van der Waals surface area contributed by atoms with E-state index in [0.29, 0.717) is 30.7 Å². The lowest BCUT2D eigenvalue weighted by Gasteiger charge is -2.28. The molecule has 3 rings (SSSR count). The molecule has 5 nitrogen and oxygen atoms in total. The van der Waals surface area contributed by atoms with Crippen LogP contribution in [0.2, 0.25) is 0 Å². The van der Waals surface area contributed by atoms with Gasteiger partial charge < -0.3 is 15.5 Å². The molecule has 2 atom stereocenters. The van der Waals surface area contributed by atoms with Crippen molar-refractivity contribution in [1.82, 2.24) is 15.5 Å². The number of halogens is 1. The van der Waals surface area contributed by atoms with Crippen LogP contribution in [0.3, 0.4) is 0 Å². The largest absolute Gasteiger partial charge is 0.351 e. The first-order valence-corrected chi connectivity index (χ1v) is 8.43. The minimum absolute atomic E-state index is 0. The molecule has 3 aliphatic rings. The number of piperidine rings is 1. The van der Waals surface area contributed by atoms with Crippen LogP contribution in [0.15, 0.2) is 0 Å². The standard InChI is InChI=1S/C16H27N3O2.ClH/c1-11(12-4-6-17-7-5-12)8-15(20)18-13-9-16(21)19(10-13)14-2-3-14;/h11-14,17H,2-10H2,1H3,(H,18,20);1H. The summed E-state index contributed by atoms with van der Waals surface area (Å²) in [6.07, 6.45) is 5.71. The minimum Gasteiger partial charge on any atom is -0.351 e. The van der Waals surface area contributed by atoms with Crippen LogP contribution < -0.4 is 10.6 Å². The summed E-state index contributed by atoms with van der Waals surface area (Å²) in [7, 11) is 0. The first-order chi connectivity index (χ1) is 10.1. The molecule has 2 saturated heterocycles. The highest BCUT2D eigenvalue weighted by atomic mass is 35.5. The van der Waals surface area contributed by atoms with Gasteiger partial charge in [-0.2, -0.15) is 0 Å². The van der Waals surface area contributed by atoms with Crippen molar-refractivity contribution in [2.45, 2.75) is 57.5 Å². The lowest BCUT2D eigenvalue weighted by atomic mass is 9.84. The van der Waals surface area contributed by atoms with Crippen LogP contribution in [0.5, 0.6) is 0 Å². The molecule has 0 bridgehead atoms. The normalized spacial score (nSPS) is 27.4. The molecule has 1 saturated carbocycles. The second-order valence-corrected chi connectivity index (χ2v) is 7.01. The third-order valence-corrected chi connectivity index (χ3v) is 5.21. The molecule has 0 spiro atoms. The van der Waals surface area contributed by atoms with Gasteiger partial charge in [0, 0.05) is 25.4 Å². The van der Waals surface area contributed by atoms with Crippen molar-refractivity contribution in [2.75, 3.05) is 19.6 Å². The molecule has 0 aromatic heterocycles. The van der Waals surface area contributed by atoms with Crippen molar-refractivity contribution < 1.29 is 9.59 Å². The summed E-state index contributed by atoms with van der Waals surface area (Å²) in [6, 6.07) is 0.499. The summed E-state index contributed by atoms with van der Waals surface area (Å²) in [5, 5.41) is 6.44. The van der Waals surface area contributed by atoms with E-state index in [0.717, 1.165) is 32.5 Å². The Labute approximate surface area is 139 Å². The van der Waals surface area contributed by atoms with E-state index in [9.17, 15) is 9.59 Å². The van der Waals surface area contributed by atoms with Gasteiger partial charge in [-0.25, -0.2) is 0 Å². The van der Waals surface area contributed by atoms with Crippen molar-refractivity contribution in [1.29, 1.82) is 0 Å². The number of nitrogens with one attached hydrogen (secondary N) is 2. The maximum Gasteiger partial charge on any atom is 0.225 e. The number of nitrogens with zero attached hydrogens (tertiary/aromatic N) is 1. The van der Waals surface area contributed by atoms with Crippen LogP contribution in [-0.4, -0.2) is 48.4 Å². The van der Waals surface area contributed by atoms with Crippen LogP contribution in [0, 0.1) is 11.8 Å². The zero-order chi connectivity index (χ0) is 14.8. The first kappa shape index (κ1) is 17.5. The monoisotopic (exact) mass is 329 g/mol. The molecule has 2 unspecified atom stereocenters. The SMILES string of the molecule is CC(CC(=O)NC1CC(=O)N(C2CC2)C1)C1CCNCC1.Cl. The molecular formula is C16H28ClN3O2. The summed E-state index contributed by atoms with van der Waals surface area (Å²) in [5.74, 6) is 1.43. The van der Waals surface area contributed by atoms with Crippen LogP contribution in [-0.2, 0) is 9.59 Å². The molecule has 0 aromatic rings. The number of amides is 2. The average molecular weight is 330 g/mol. The summed E-state index contributed by atoms with van der Waals surface area (Å²) in [5.41, 5.74) is 0. The lowest BCUT2D eigenvalue weighted by Crippen LogP contribution is -2.39. The molecule has 126 valence electrons. The average Bonchev–Trinajstić information content (AvgIpc) is 3.24. The molecule has 2 N–H and O–H groups in total. The van der Waals surface area contributed by atoms with Crippen LogP contribution in [0.25, 0.3) is 0 Å². The molecular weight excluding hydrogens is 302 g/mol. The summed E-state index contributed by atoms with van der Waals surface area (Å²) in [6.45, 7) is 5.05. The Bertz CT molecular complexity index is 408. The van der Waals surface area contributed by atoms with Crippen molar-refractivity contribution in [3.05, 3.63) is 0 Å². The molecule has 22 heavy (non-hydrogen) atoms. The van der Waals surface area contributed by atoms with Gasteiger partial charge in [-0.15, -0.1) is 12.4 Å². The van der Waals surface area contributed by atoms with E-state index in [2.05, 4.69) is 17.6 Å². The van der Waals surface area contributed by atoms with Gasteiger partial charge in [0.25, 0.3) is 0 Å². The van der Waals surface area contributed by atoms with E-state index < -0.39 is 0 Å². The van der Waals surface area contributed by atoms with Gasteiger partial charge in [-0.05, 0) is 50.6 Å². The Morgan fingerprint density at radius 3 is 2.64 bits per heavy atom. The molecule has 3 fully saturated rings. The van der Waals surface area contributed by atoms with E-state index in [4.69, 9.17) is 0 Å². The molecule has 0 aromatic carbocycles. The highest BCUT2D eigenvalue weighted by Gasteiger charge is 2.39. The highest BCUT2D eigenvalue weighted by molar-refractivity contribution is 5.85. The zero-order valence-electron chi connectivity index (χ0n) is 13.3. The molecule has 6 heteroatoms. The van der Waals surface area contributed by atoms with E-state index in [-0.39, 0.29) is 30.3 Å². The molecule has 2 aliphatic heterocycles. The third kappa shape index (κ3) is 4.35. The number of carbonyl (C=O) groups is 2. The Morgan fingerprint density at radius 1 is 1.32 bits per heavy atom. The Balaban J connectivity index is 0.00000176. The van der Waals surface area contributed by atoms with Gasteiger partial charge in [0.2, 0.25) is 11.8 Å². The highest BCUT2D eigenvalue weighted by Crippen LogP contribution is 2.30. The van der Waals surface area contributed by atoms with Gasteiger partial charge >= 0.3 is 0 Å². The molecule has 2 amide bonds. The maximum absolute atomic E-state index is 12.2. The fourth-order valence-electron chi connectivity index (χ4n) is 3.73. The molecule has 1 aliphatic carbocycles. The van der Waals surface area contributed by atoms with Gasteiger partial charge in [-0.1, -0.05) is 6.92 Å². The van der Waals surface area contributed by atoms with Crippen molar-refractivity contribution in [2.24, 2.45) is 11.8 Å². The third-order valence-electron chi connectivity index (χ3n) is 5.21. The maximum atomic E-state index is 12.2.